The van der Waals surface area contributed by atoms with E-state index < -0.39 is 11.7 Å². The van der Waals surface area contributed by atoms with Crippen LogP contribution in [0.4, 0.5) is 13.2 Å². The van der Waals surface area contributed by atoms with E-state index in [-0.39, 0.29) is 12.0 Å². The van der Waals surface area contributed by atoms with E-state index in [0.717, 1.165) is 12.1 Å². The SMILES string of the molecule is C=CCc1cc(C(F)(F)F)ccc1C=O. The lowest BCUT2D eigenvalue weighted by atomic mass is 10.0. The summed E-state index contributed by atoms with van der Waals surface area (Å²) in [6, 6.07) is 3.05. The molecule has 0 N–H and O–H groups in total. The van der Waals surface area contributed by atoms with Gasteiger partial charge in [-0.15, -0.1) is 6.58 Å². The first kappa shape index (κ1) is 11.5. The number of aldehydes is 1. The number of allylic oxidation sites excluding steroid dienone is 1. The van der Waals surface area contributed by atoms with Gasteiger partial charge in [0.1, 0.15) is 6.29 Å². The summed E-state index contributed by atoms with van der Waals surface area (Å²) in [6.45, 7) is 3.43. The molecule has 0 heterocycles. The smallest absolute Gasteiger partial charge is 0.298 e. The zero-order chi connectivity index (χ0) is 11.5. The lowest BCUT2D eigenvalue weighted by molar-refractivity contribution is -0.137. The monoisotopic (exact) mass is 214 g/mol. The first-order valence-electron chi connectivity index (χ1n) is 4.25. The van der Waals surface area contributed by atoms with Gasteiger partial charge >= 0.3 is 6.18 Å². The minimum atomic E-state index is -4.38. The van der Waals surface area contributed by atoms with Gasteiger partial charge in [-0.3, -0.25) is 4.79 Å². The Morgan fingerprint density at radius 3 is 2.47 bits per heavy atom. The van der Waals surface area contributed by atoms with E-state index in [9.17, 15) is 18.0 Å². The van der Waals surface area contributed by atoms with E-state index >= 15 is 0 Å². The highest BCUT2D eigenvalue weighted by Gasteiger charge is 2.30. The van der Waals surface area contributed by atoms with E-state index in [4.69, 9.17) is 0 Å². The molecule has 0 aromatic heterocycles. The van der Waals surface area contributed by atoms with Crippen molar-refractivity contribution >= 4 is 6.29 Å². The van der Waals surface area contributed by atoms with Gasteiger partial charge in [-0.05, 0) is 24.1 Å². The molecule has 0 spiro atoms. The van der Waals surface area contributed by atoms with Crippen molar-refractivity contribution in [3.63, 3.8) is 0 Å². The van der Waals surface area contributed by atoms with Crippen LogP contribution in [0.3, 0.4) is 0 Å². The van der Waals surface area contributed by atoms with Crippen LogP contribution in [0.5, 0.6) is 0 Å². The van der Waals surface area contributed by atoms with Gasteiger partial charge in [0.2, 0.25) is 0 Å². The molecule has 4 heteroatoms. The molecule has 80 valence electrons. The number of halogens is 3. The van der Waals surface area contributed by atoms with Crippen LogP contribution in [0.25, 0.3) is 0 Å². The van der Waals surface area contributed by atoms with E-state index in [1.54, 1.807) is 0 Å². The highest BCUT2D eigenvalue weighted by Crippen LogP contribution is 2.30. The van der Waals surface area contributed by atoms with E-state index in [1.165, 1.54) is 12.1 Å². The van der Waals surface area contributed by atoms with Gasteiger partial charge in [-0.25, -0.2) is 0 Å². The summed E-state index contributed by atoms with van der Waals surface area (Å²) < 4.78 is 37.0. The molecule has 0 atom stereocenters. The van der Waals surface area contributed by atoms with Gasteiger partial charge in [-0.2, -0.15) is 13.2 Å². The molecular weight excluding hydrogens is 205 g/mol. The Kier molecular flexibility index (Phi) is 3.29. The van der Waals surface area contributed by atoms with Gasteiger partial charge in [0.15, 0.2) is 0 Å². The lowest BCUT2D eigenvalue weighted by Gasteiger charge is -2.09. The van der Waals surface area contributed by atoms with E-state index in [1.807, 2.05) is 0 Å². The van der Waals surface area contributed by atoms with Crippen LogP contribution in [0.1, 0.15) is 21.5 Å². The van der Waals surface area contributed by atoms with Crippen molar-refractivity contribution in [3.8, 4) is 0 Å². The van der Waals surface area contributed by atoms with Crippen LogP contribution in [0.15, 0.2) is 30.9 Å². The van der Waals surface area contributed by atoms with E-state index in [2.05, 4.69) is 6.58 Å². The molecule has 1 rings (SSSR count). The van der Waals surface area contributed by atoms with Crippen molar-refractivity contribution < 1.29 is 18.0 Å². The fourth-order valence-corrected chi connectivity index (χ4v) is 1.23. The number of benzene rings is 1. The highest BCUT2D eigenvalue weighted by molar-refractivity contribution is 5.77. The Labute approximate surface area is 85.2 Å². The van der Waals surface area contributed by atoms with Crippen molar-refractivity contribution in [1.82, 2.24) is 0 Å². The molecule has 0 saturated heterocycles. The Balaban J connectivity index is 3.21. The number of hydrogen-bond acceptors (Lipinski definition) is 1. The average molecular weight is 214 g/mol. The van der Waals surface area contributed by atoms with Gasteiger partial charge in [0.05, 0.1) is 5.56 Å². The lowest BCUT2D eigenvalue weighted by Crippen LogP contribution is -2.06. The molecule has 0 bridgehead atoms. The largest absolute Gasteiger partial charge is 0.416 e. The first-order chi connectivity index (χ1) is 6.99. The van der Waals surface area contributed by atoms with E-state index in [0.29, 0.717) is 11.8 Å². The predicted octanol–water partition coefficient (Wildman–Crippen LogP) is 3.25. The van der Waals surface area contributed by atoms with Crippen LogP contribution >= 0.6 is 0 Å². The topological polar surface area (TPSA) is 17.1 Å². The molecule has 0 aliphatic heterocycles. The van der Waals surface area contributed by atoms with Gasteiger partial charge < -0.3 is 0 Å². The minimum Gasteiger partial charge on any atom is -0.298 e. The van der Waals surface area contributed by atoms with Crippen molar-refractivity contribution in [2.75, 3.05) is 0 Å². The molecule has 15 heavy (non-hydrogen) atoms. The molecule has 0 fully saturated rings. The molecule has 0 radical (unpaired) electrons. The zero-order valence-electron chi connectivity index (χ0n) is 7.84. The summed E-state index contributed by atoms with van der Waals surface area (Å²) in [7, 11) is 0. The molecule has 0 unspecified atom stereocenters. The summed E-state index contributed by atoms with van der Waals surface area (Å²) in [5.41, 5.74) is -0.136. The fraction of sp³-hybridized carbons (Fsp3) is 0.182. The second-order valence-electron chi connectivity index (χ2n) is 3.02. The van der Waals surface area contributed by atoms with Crippen LogP contribution < -0.4 is 0 Å². The molecular formula is C11H9F3O. The molecule has 1 nitrogen and oxygen atoms in total. The number of hydrogen-bond donors (Lipinski definition) is 0. The Morgan fingerprint density at radius 1 is 1.33 bits per heavy atom. The average Bonchev–Trinajstić information content (AvgIpc) is 2.17. The Hall–Kier alpha value is -1.58. The molecule has 0 amide bonds. The number of carbonyl (C=O) groups is 1. The maximum atomic E-state index is 12.3. The summed E-state index contributed by atoms with van der Waals surface area (Å²) in [6.07, 6.45) is -2.13. The predicted molar refractivity (Wildman–Crippen MR) is 50.7 cm³/mol. The van der Waals surface area contributed by atoms with Crippen LogP contribution in [-0.4, -0.2) is 6.29 Å². The van der Waals surface area contributed by atoms with Crippen molar-refractivity contribution in [3.05, 3.63) is 47.5 Å². The van der Waals surface area contributed by atoms with Gasteiger partial charge in [0.25, 0.3) is 0 Å². The molecule has 0 aliphatic rings. The quantitative estimate of drug-likeness (QED) is 0.557. The van der Waals surface area contributed by atoms with Gasteiger partial charge in [-0.1, -0.05) is 12.1 Å². The number of rotatable bonds is 3. The standard InChI is InChI=1S/C11H9F3O/c1-2-3-8-6-10(11(12,13)14)5-4-9(8)7-15/h2,4-7H,1,3H2. The maximum absolute atomic E-state index is 12.3. The maximum Gasteiger partial charge on any atom is 0.416 e. The van der Waals surface area contributed by atoms with Gasteiger partial charge in [0, 0.05) is 5.56 Å². The number of alkyl halides is 3. The fourth-order valence-electron chi connectivity index (χ4n) is 1.23. The third kappa shape index (κ3) is 2.68. The second kappa shape index (κ2) is 4.29. The summed E-state index contributed by atoms with van der Waals surface area (Å²) >= 11 is 0. The summed E-state index contributed by atoms with van der Waals surface area (Å²) in [5.74, 6) is 0. The third-order valence-electron chi connectivity index (χ3n) is 1.96. The summed E-state index contributed by atoms with van der Waals surface area (Å²) in [4.78, 5) is 10.5. The van der Waals surface area contributed by atoms with Crippen molar-refractivity contribution in [2.45, 2.75) is 12.6 Å². The highest BCUT2D eigenvalue weighted by atomic mass is 19.4. The molecule has 1 aromatic rings. The molecule has 1 aromatic carbocycles. The molecule has 0 saturated carbocycles. The second-order valence-corrected chi connectivity index (χ2v) is 3.02. The first-order valence-corrected chi connectivity index (χ1v) is 4.25. The van der Waals surface area contributed by atoms with Crippen molar-refractivity contribution in [1.29, 1.82) is 0 Å². The van der Waals surface area contributed by atoms with Crippen molar-refractivity contribution in [2.24, 2.45) is 0 Å². The van der Waals surface area contributed by atoms with Crippen LogP contribution in [-0.2, 0) is 12.6 Å². The minimum absolute atomic E-state index is 0.248. The molecule has 0 aliphatic carbocycles. The van der Waals surface area contributed by atoms with Crippen LogP contribution in [0, 0.1) is 0 Å². The van der Waals surface area contributed by atoms with Crippen LogP contribution in [0.2, 0.25) is 0 Å². The Morgan fingerprint density at radius 2 is 2.00 bits per heavy atom. The zero-order valence-corrected chi connectivity index (χ0v) is 7.84. The number of carbonyl (C=O) groups excluding carboxylic acids is 1. The third-order valence-corrected chi connectivity index (χ3v) is 1.96. The normalized spacial score (nSPS) is 11.1. The Bertz CT molecular complexity index is 380. The summed E-state index contributed by atoms with van der Waals surface area (Å²) in [5, 5.41) is 0.